The molecule has 1 aliphatic heterocycles. The number of hydrogen-bond donors (Lipinski definition) is 2. The highest BCUT2D eigenvalue weighted by Crippen LogP contribution is 2.44. The molecule has 1 heterocycles. The number of ether oxygens (including phenoxy) is 3. The SMILES string of the molecule is COCCCNC(=O)[C@]1(Cc2ccc(Br)cc2)N=C(c2ccc(OCCCO)cc2)O[C@@H]1c1ccccc1Br. The third-order valence-electron chi connectivity index (χ3n) is 6.42. The number of rotatable bonds is 13. The van der Waals surface area contributed by atoms with Gasteiger partial charge in [-0.25, -0.2) is 4.99 Å². The number of halogens is 2. The molecule has 0 saturated carbocycles. The highest BCUT2D eigenvalue weighted by atomic mass is 79.9. The molecule has 1 amide bonds. The van der Waals surface area contributed by atoms with Crippen molar-refractivity contribution in [3.63, 3.8) is 0 Å². The summed E-state index contributed by atoms with van der Waals surface area (Å²) < 4.78 is 19.2. The minimum absolute atomic E-state index is 0.0765. The van der Waals surface area contributed by atoms with Gasteiger partial charge in [-0.1, -0.05) is 62.2 Å². The van der Waals surface area contributed by atoms with Crippen LogP contribution in [0.2, 0.25) is 0 Å². The van der Waals surface area contributed by atoms with E-state index in [1.165, 1.54) is 0 Å². The Morgan fingerprint density at radius 1 is 1.03 bits per heavy atom. The van der Waals surface area contributed by atoms with E-state index >= 15 is 0 Å². The average Bonchev–Trinajstić information content (AvgIpc) is 3.33. The number of benzene rings is 3. The Morgan fingerprint density at radius 3 is 2.46 bits per heavy atom. The van der Waals surface area contributed by atoms with Gasteiger partial charge in [-0.2, -0.15) is 0 Å². The molecule has 2 atom stereocenters. The van der Waals surface area contributed by atoms with Crippen molar-refractivity contribution in [3.8, 4) is 5.75 Å². The van der Waals surface area contributed by atoms with Crippen molar-refractivity contribution < 1.29 is 24.1 Å². The number of aliphatic hydroxyl groups is 1. The monoisotopic (exact) mass is 658 g/mol. The second-order valence-corrected chi connectivity index (χ2v) is 11.0. The van der Waals surface area contributed by atoms with E-state index in [-0.39, 0.29) is 12.5 Å². The average molecular weight is 660 g/mol. The maximum absolute atomic E-state index is 14.1. The number of carbonyl (C=O) groups excluding carboxylic acids is 1. The lowest BCUT2D eigenvalue weighted by molar-refractivity contribution is -0.129. The van der Waals surface area contributed by atoms with Crippen LogP contribution in [0.5, 0.6) is 5.75 Å². The lowest BCUT2D eigenvalue weighted by Gasteiger charge is -2.31. The van der Waals surface area contributed by atoms with Gasteiger partial charge in [0.25, 0.3) is 5.91 Å². The molecule has 39 heavy (non-hydrogen) atoms. The number of hydrogen-bond acceptors (Lipinski definition) is 6. The van der Waals surface area contributed by atoms with Crippen LogP contribution in [-0.2, 0) is 20.7 Å². The molecule has 206 valence electrons. The van der Waals surface area contributed by atoms with Gasteiger partial charge in [-0.3, -0.25) is 4.79 Å². The van der Waals surface area contributed by atoms with Crippen molar-refractivity contribution in [3.05, 3.63) is 98.4 Å². The van der Waals surface area contributed by atoms with E-state index in [1.54, 1.807) is 7.11 Å². The Hall–Kier alpha value is -2.72. The molecular formula is C30H32Br2N2O5. The molecule has 2 N–H and O–H groups in total. The normalized spacial score (nSPS) is 18.4. The molecule has 3 aromatic rings. The topological polar surface area (TPSA) is 89.4 Å². The molecule has 0 spiro atoms. The van der Waals surface area contributed by atoms with E-state index in [9.17, 15) is 4.79 Å². The molecule has 0 unspecified atom stereocenters. The van der Waals surface area contributed by atoms with E-state index in [1.807, 2.05) is 72.8 Å². The first-order valence-corrected chi connectivity index (χ1v) is 14.4. The van der Waals surface area contributed by atoms with Gasteiger partial charge in [0.05, 0.1) is 6.61 Å². The molecular weight excluding hydrogens is 628 g/mol. The summed E-state index contributed by atoms with van der Waals surface area (Å²) in [6, 6.07) is 23.1. The minimum Gasteiger partial charge on any atom is -0.494 e. The Bertz CT molecular complexity index is 1270. The molecule has 3 aromatic carbocycles. The Balaban J connectivity index is 1.75. The molecule has 0 aliphatic carbocycles. The highest BCUT2D eigenvalue weighted by Gasteiger charge is 2.53. The van der Waals surface area contributed by atoms with Crippen LogP contribution in [0.15, 0.2) is 86.7 Å². The Kier molecular flexibility index (Phi) is 10.6. The summed E-state index contributed by atoms with van der Waals surface area (Å²) in [7, 11) is 1.64. The minimum atomic E-state index is -1.25. The van der Waals surface area contributed by atoms with Gasteiger partial charge in [0.1, 0.15) is 5.75 Å². The number of nitrogens with zero attached hydrogens (tertiary/aromatic N) is 1. The Labute approximate surface area is 245 Å². The first-order valence-electron chi connectivity index (χ1n) is 12.8. The number of carbonyl (C=O) groups is 1. The molecule has 1 aliphatic rings. The molecule has 7 nitrogen and oxygen atoms in total. The van der Waals surface area contributed by atoms with Gasteiger partial charge in [0.2, 0.25) is 5.90 Å². The van der Waals surface area contributed by atoms with Crippen LogP contribution in [-0.4, -0.2) is 55.9 Å². The number of nitrogens with one attached hydrogen (secondary N) is 1. The van der Waals surface area contributed by atoms with Crippen LogP contribution in [0.4, 0.5) is 0 Å². The predicted octanol–water partition coefficient (Wildman–Crippen LogP) is 5.63. The third kappa shape index (κ3) is 7.28. The van der Waals surface area contributed by atoms with Crippen molar-refractivity contribution in [2.75, 3.05) is 33.5 Å². The number of methoxy groups -OCH3 is 1. The van der Waals surface area contributed by atoms with Crippen molar-refractivity contribution in [1.29, 1.82) is 0 Å². The molecule has 4 rings (SSSR count). The first-order chi connectivity index (χ1) is 19.0. The second-order valence-electron chi connectivity index (χ2n) is 9.22. The largest absolute Gasteiger partial charge is 0.494 e. The van der Waals surface area contributed by atoms with E-state index in [0.717, 1.165) is 25.6 Å². The number of aliphatic imine (C=N–C) groups is 1. The van der Waals surface area contributed by atoms with Crippen molar-refractivity contribution in [2.24, 2.45) is 4.99 Å². The maximum Gasteiger partial charge on any atom is 0.252 e. The maximum atomic E-state index is 14.1. The van der Waals surface area contributed by atoms with Gasteiger partial charge in [-0.05, 0) is 54.4 Å². The summed E-state index contributed by atoms with van der Waals surface area (Å²) in [5, 5.41) is 12.1. The predicted molar refractivity (Wildman–Crippen MR) is 158 cm³/mol. The zero-order valence-electron chi connectivity index (χ0n) is 21.7. The van der Waals surface area contributed by atoms with Gasteiger partial charge in [0, 0.05) is 59.8 Å². The van der Waals surface area contributed by atoms with Crippen LogP contribution in [0.3, 0.4) is 0 Å². The molecule has 9 heteroatoms. The van der Waals surface area contributed by atoms with Crippen molar-refractivity contribution in [1.82, 2.24) is 5.32 Å². The van der Waals surface area contributed by atoms with Crippen LogP contribution < -0.4 is 10.1 Å². The number of aliphatic hydroxyl groups excluding tert-OH is 1. The quantitative estimate of drug-likeness (QED) is 0.233. The van der Waals surface area contributed by atoms with Gasteiger partial charge in [-0.15, -0.1) is 0 Å². The lowest BCUT2D eigenvalue weighted by atomic mass is 9.82. The summed E-state index contributed by atoms with van der Waals surface area (Å²) >= 11 is 7.17. The van der Waals surface area contributed by atoms with E-state index in [2.05, 4.69) is 37.2 Å². The van der Waals surface area contributed by atoms with Crippen LogP contribution in [0.25, 0.3) is 0 Å². The lowest BCUT2D eigenvalue weighted by Crippen LogP contribution is -2.50. The fourth-order valence-electron chi connectivity index (χ4n) is 4.43. The van der Waals surface area contributed by atoms with Crippen LogP contribution in [0, 0.1) is 0 Å². The summed E-state index contributed by atoms with van der Waals surface area (Å²) in [6.07, 6.45) is 0.915. The molecule has 0 radical (unpaired) electrons. The molecule has 0 saturated heterocycles. The van der Waals surface area contributed by atoms with Gasteiger partial charge >= 0.3 is 0 Å². The van der Waals surface area contributed by atoms with E-state index in [4.69, 9.17) is 24.3 Å². The fourth-order valence-corrected chi connectivity index (χ4v) is 5.19. The first kappa shape index (κ1) is 29.3. The Morgan fingerprint density at radius 2 is 1.77 bits per heavy atom. The van der Waals surface area contributed by atoms with Gasteiger partial charge < -0.3 is 24.6 Å². The smallest absolute Gasteiger partial charge is 0.252 e. The highest BCUT2D eigenvalue weighted by molar-refractivity contribution is 9.10. The van der Waals surface area contributed by atoms with Crippen molar-refractivity contribution >= 4 is 43.7 Å². The third-order valence-corrected chi connectivity index (χ3v) is 7.67. The summed E-state index contributed by atoms with van der Waals surface area (Å²) in [6.45, 7) is 1.51. The molecule has 0 fully saturated rings. The van der Waals surface area contributed by atoms with Gasteiger partial charge in [0.15, 0.2) is 11.6 Å². The van der Waals surface area contributed by atoms with Crippen LogP contribution >= 0.6 is 31.9 Å². The zero-order chi connectivity index (χ0) is 27.7. The second kappa shape index (κ2) is 14.1. The number of amides is 1. The van der Waals surface area contributed by atoms with E-state index < -0.39 is 11.6 Å². The summed E-state index contributed by atoms with van der Waals surface area (Å²) in [5.41, 5.74) is 1.29. The van der Waals surface area contributed by atoms with E-state index in [0.29, 0.717) is 50.7 Å². The summed E-state index contributed by atoms with van der Waals surface area (Å²) in [4.78, 5) is 19.1. The molecule has 0 aromatic heterocycles. The zero-order valence-corrected chi connectivity index (χ0v) is 24.9. The van der Waals surface area contributed by atoms with Crippen LogP contribution in [0.1, 0.15) is 35.6 Å². The fraction of sp³-hybridized carbons (Fsp3) is 0.333. The summed E-state index contributed by atoms with van der Waals surface area (Å²) in [5.74, 6) is 0.869. The standard InChI is InChI=1S/C30H32Br2N2O5/c1-37-18-4-16-33-29(36)30(20-21-8-12-23(31)13-9-21)27(25-6-2-3-7-26(25)32)39-28(34-30)22-10-14-24(15-11-22)38-19-5-17-35/h2-3,6-15,27,35H,4-5,16-20H2,1H3,(H,33,36)/t27-,30-/m1/s1. The molecule has 0 bridgehead atoms. The van der Waals surface area contributed by atoms with Crippen molar-refractivity contribution in [2.45, 2.75) is 30.9 Å².